The van der Waals surface area contributed by atoms with Crippen LogP contribution in [-0.4, -0.2) is 127 Å². The molecule has 2 N–H and O–H groups in total. The number of ketones is 3. The zero-order chi connectivity index (χ0) is 57.6. The number of carbonyl (C=O) groups excluding carboxylic acids is 5. The number of allylic oxidation sites excluding steroid dienone is 6. The molecule has 0 radical (unpaired) electrons. The summed E-state index contributed by atoms with van der Waals surface area (Å²) in [5.41, 5.74) is 1.24. The van der Waals surface area contributed by atoms with Gasteiger partial charge in [0.15, 0.2) is 5.78 Å². The number of methoxy groups -OCH3 is 3. The number of ether oxygens (including phenoxy) is 5. The molecule has 1 aliphatic carbocycles. The van der Waals surface area contributed by atoms with E-state index in [2.05, 4.69) is 0 Å². The van der Waals surface area contributed by atoms with E-state index in [0.717, 1.165) is 5.57 Å². The van der Waals surface area contributed by atoms with Crippen LogP contribution >= 0.6 is 7.37 Å². The molecular formula is C63H88NO14P. The van der Waals surface area contributed by atoms with Crippen LogP contribution in [0.25, 0.3) is 0 Å². The second kappa shape index (κ2) is 29.3. The number of cyclic esters (lactones) is 1. The summed E-state index contributed by atoms with van der Waals surface area (Å²) in [4.78, 5) is 73.1. The molecule has 1 amide bonds. The summed E-state index contributed by atoms with van der Waals surface area (Å²) in [6, 6.07) is 17.2. The Bertz CT molecular complexity index is 2500. The van der Waals surface area contributed by atoms with Gasteiger partial charge in [0.05, 0.1) is 24.4 Å². The van der Waals surface area contributed by atoms with Gasteiger partial charge in [-0.1, -0.05) is 107 Å². The molecule has 3 aliphatic heterocycles. The third-order valence-corrected chi connectivity index (χ3v) is 19.5. The van der Waals surface area contributed by atoms with Crippen molar-refractivity contribution in [3.05, 3.63) is 108 Å². The minimum atomic E-state index is -3.55. The molecule has 2 bridgehead atoms. The van der Waals surface area contributed by atoms with Crippen molar-refractivity contribution in [1.29, 1.82) is 0 Å². The first kappa shape index (κ1) is 63.5. The number of fused-ring (bicyclic) bond motifs is 3. The summed E-state index contributed by atoms with van der Waals surface area (Å²) < 4.78 is 51.9. The number of hydrogen-bond donors (Lipinski definition) is 2. The normalized spacial score (nSPS) is 35.5. The number of hydrogen-bond acceptors (Lipinski definition) is 14. The molecule has 79 heavy (non-hydrogen) atoms. The number of nitrogens with zero attached hydrogens (tertiary/aromatic N) is 1. The average Bonchev–Trinajstić information content (AvgIpc) is 3.46. The number of rotatable bonds is 10. The first-order valence-electron chi connectivity index (χ1n) is 28.5. The molecule has 4 aliphatic rings. The number of amides is 1. The lowest BCUT2D eigenvalue weighted by molar-refractivity contribution is -0.265. The summed E-state index contributed by atoms with van der Waals surface area (Å²) in [6.45, 7) is 12.7. The van der Waals surface area contributed by atoms with Crippen molar-refractivity contribution in [3.63, 3.8) is 0 Å². The maximum atomic E-state index is 15.0. The fraction of sp³-hybridized carbons (Fsp3) is 0.603. The zero-order valence-corrected chi connectivity index (χ0v) is 49.1. The first-order valence-corrected chi connectivity index (χ1v) is 30.2. The van der Waals surface area contributed by atoms with Gasteiger partial charge >= 0.3 is 5.97 Å². The Labute approximate surface area is 469 Å². The van der Waals surface area contributed by atoms with Crippen molar-refractivity contribution in [2.24, 2.45) is 35.5 Å². The Hall–Kier alpha value is -4.70. The van der Waals surface area contributed by atoms with Gasteiger partial charge in [-0.15, -0.1) is 0 Å². The second-order valence-electron chi connectivity index (χ2n) is 22.9. The van der Waals surface area contributed by atoms with E-state index in [4.69, 9.17) is 28.2 Å². The van der Waals surface area contributed by atoms with Crippen LogP contribution in [0.3, 0.4) is 0 Å². The van der Waals surface area contributed by atoms with Crippen LogP contribution in [0.2, 0.25) is 0 Å². The molecule has 2 aromatic carbocycles. The standard InChI is InChI=1S/C63H88NO14P/c1-40-22-14-11-15-23-41(2)54(73-8)38-48-31-29-46(7)63(71,77-48)60(68)61(69)64-33-21-20-28-51(64)62(70)76-55(39-52(65)42(3)35-45(6)58(67)59(75-10)57(66)44(5)34-40)43(4)36-47-30-32-53(56(37-47)74-9)78-79(72,49-24-16-12-17-25-49)50-26-18-13-19-27-50/h11-19,22-27,35,40,42-44,46-48,51,53-56,58-59,67,71H,20-21,28-34,36-39H2,1-10H3/b15-11+,22-14+,41-23+,45-35+/t40-,42-,43-,44-,46-,47+,48?,51?,53-,54+,55+,56-,58-,59+,63-/m1/s1. The van der Waals surface area contributed by atoms with Gasteiger partial charge in [-0.3, -0.25) is 23.7 Å². The van der Waals surface area contributed by atoms with E-state index >= 15 is 0 Å². The third-order valence-electron chi connectivity index (χ3n) is 16.9. The minimum Gasteiger partial charge on any atom is -0.460 e. The third kappa shape index (κ3) is 16.1. The Balaban J connectivity index is 1.29. The highest BCUT2D eigenvalue weighted by Crippen LogP contribution is 2.49. The van der Waals surface area contributed by atoms with Crippen LogP contribution in [0, 0.1) is 35.5 Å². The molecule has 15 atom stereocenters. The largest absolute Gasteiger partial charge is 0.460 e. The maximum Gasteiger partial charge on any atom is 0.329 e. The smallest absolute Gasteiger partial charge is 0.329 e. The van der Waals surface area contributed by atoms with E-state index in [0.29, 0.717) is 80.4 Å². The van der Waals surface area contributed by atoms with Gasteiger partial charge < -0.3 is 43.3 Å². The van der Waals surface area contributed by atoms with Crippen molar-refractivity contribution < 1.29 is 67.0 Å². The molecule has 2 saturated heterocycles. The van der Waals surface area contributed by atoms with Gasteiger partial charge in [-0.05, 0) is 131 Å². The molecule has 434 valence electrons. The SMILES string of the molecule is CO[C@H]1CC2CC[C@@H](C)[C@@](O)(O2)C(=O)C(=O)N2CCCCC2C(=O)O[C@H]([C@H](C)C[C@@H]2CC[C@@H](OP(=O)(c3ccccc3)c3ccccc3)[C@H](OC)C2)CC(=O)[C@H](C)/C=C(\C)[C@@H](O)[C@@H](OC)C(=O)[C@H](C)C[C@H](C)/C=C/C=C/C=C/1C. The number of Topliss-reactive ketones (excluding diaryl/α,β-unsaturated/α-hetero) is 3. The highest BCUT2D eigenvalue weighted by atomic mass is 31.2. The van der Waals surface area contributed by atoms with Gasteiger partial charge in [0.2, 0.25) is 5.79 Å². The van der Waals surface area contributed by atoms with Crippen LogP contribution in [0.15, 0.2) is 108 Å². The predicted octanol–water partition coefficient (Wildman–Crippen LogP) is 9.13. The summed E-state index contributed by atoms with van der Waals surface area (Å²) in [7, 11) is 1.02. The Kier molecular flexibility index (Phi) is 23.6. The number of carbonyl (C=O) groups is 5. The molecule has 1 saturated carbocycles. The van der Waals surface area contributed by atoms with E-state index in [9.17, 15) is 38.8 Å². The number of aliphatic hydroxyl groups is 2. The zero-order valence-electron chi connectivity index (χ0n) is 48.2. The molecule has 2 aromatic rings. The molecule has 15 nitrogen and oxygen atoms in total. The highest BCUT2D eigenvalue weighted by Gasteiger charge is 2.53. The Morgan fingerprint density at radius 3 is 2.08 bits per heavy atom. The monoisotopic (exact) mass is 1110 g/mol. The average molecular weight is 1110 g/mol. The molecule has 6 rings (SSSR count). The lowest BCUT2D eigenvalue weighted by Gasteiger charge is -2.42. The minimum absolute atomic E-state index is 0.000329. The van der Waals surface area contributed by atoms with Gasteiger partial charge in [0.1, 0.15) is 30.1 Å². The number of esters is 1. The molecule has 0 aromatic heterocycles. The fourth-order valence-electron chi connectivity index (χ4n) is 11.9. The Morgan fingerprint density at radius 2 is 1.44 bits per heavy atom. The van der Waals surface area contributed by atoms with E-state index in [1.165, 1.54) is 12.0 Å². The van der Waals surface area contributed by atoms with Gasteiger partial charge in [0.25, 0.3) is 19.1 Å². The van der Waals surface area contributed by atoms with Crippen LogP contribution < -0.4 is 10.6 Å². The molecule has 3 heterocycles. The van der Waals surface area contributed by atoms with E-state index in [1.807, 2.05) is 119 Å². The van der Waals surface area contributed by atoms with Gasteiger partial charge in [-0.25, -0.2) is 4.79 Å². The summed E-state index contributed by atoms with van der Waals surface area (Å²) in [5.74, 6) is -8.37. The van der Waals surface area contributed by atoms with E-state index < -0.39 is 103 Å². The molecular weight excluding hydrogens is 1030 g/mol. The Morgan fingerprint density at radius 1 is 0.772 bits per heavy atom. The molecule has 2 unspecified atom stereocenters. The predicted molar refractivity (Wildman–Crippen MR) is 304 cm³/mol. The van der Waals surface area contributed by atoms with Crippen LogP contribution in [-0.2, 0) is 56.7 Å². The quantitative estimate of drug-likeness (QED) is 0.0987. The van der Waals surface area contributed by atoms with Crippen molar-refractivity contribution in [1.82, 2.24) is 4.90 Å². The first-order chi connectivity index (χ1) is 37.6. The second-order valence-corrected chi connectivity index (χ2v) is 25.2. The van der Waals surface area contributed by atoms with Crippen LogP contribution in [0.1, 0.15) is 126 Å². The molecule has 3 fully saturated rings. The van der Waals surface area contributed by atoms with Gasteiger partial charge in [-0.2, -0.15) is 0 Å². The maximum absolute atomic E-state index is 15.0. The summed E-state index contributed by atoms with van der Waals surface area (Å²) in [5, 5.41) is 24.8. The van der Waals surface area contributed by atoms with E-state index in [-0.39, 0.29) is 42.8 Å². The van der Waals surface area contributed by atoms with Gasteiger partial charge in [0, 0.05) is 69.1 Å². The fourth-order valence-corrected chi connectivity index (χ4v) is 14.2. The summed E-state index contributed by atoms with van der Waals surface area (Å²) >= 11 is 0. The number of benzene rings is 2. The van der Waals surface area contributed by atoms with Crippen LogP contribution in [0.4, 0.5) is 0 Å². The van der Waals surface area contributed by atoms with Crippen molar-refractivity contribution in [3.8, 4) is 0 Å². The lowest BCUT2D eigenvalue weighted by Crippen LogP contribution is -2.61. The number of piperidine rings is 1. The summed E-state index contributed by atoms with van der Waals surface area (Å²) in [6.07, 6.45) is 10.6. The van der Waals surface area contributed by atoms with Crippen LogP contribution in [0.5, 0.6) is 0 Å². The topological polar surface area (TPSA) is 201 Å². The van der Waals surface area contributed by atoms with E-state index in [1.54, 1.807) is 41.1 Å². The molecule has 0 spiro atoms. The molecule has 16 heteroatoms. The van der Waals surface area contributed by atoms with Crippen molar-refractivity contribution in [2.45, 2.75) is 180 Å². The van der Waals surface area contributed by atoms with Crippen molar-refractivity contribution >= 4 is 47.2 Å². The number of aliphatic hydroxyl groups excluding tert-OH is 1. The lowest BCUT2D eigenvalue weighted by atomic mass is 9.78. The highest BCUT2D eigenvalue weighted by molar-refractivity contribution is 7.74. The van der Waals surface area contributed by atoms with Crippen molar-refractivity contribution in [2.75, 3.05) is 27.9 Å².